The summed E-state index contributed by atoms with van der Waals surface area (Å²) in [6.07, 6.45) is 5.21. The van der Waals surface area contributed by atoms with Gasteiger partial charge in [-0.2, -0.15) is 0 Å². The Labute approximate surface area is 117 Å². The molecular formula is C13H18BrNO2S. The number of sulfonamides is 1. The van der Waals surface area contributed by atoms with Gasteiger partial charge in [-0.25, -0.2) is 13.1 Å². The molecule has 2 rings (SSSR count). The van der Waals surface area contributed by atoms with Crippen LogP contribution in [-0.4, -0.2) is 14.0 Å². The molecule has 0 saturated heterocycles. The van der Waals surface area contributed by atoms with Crippen molar-refractivity contribution in [1.29, 1.82) is 0 Å². The van der Waals surface area contributed by atoms with Crippen LogP contribution in [0.5, 0.6) is 0 Å². The third-order valence-electron chi connectivity index (χ3n) is 3.46. The van der Waals surface area contributed by atoms with Crippen LogP contribution in [0.2, 0.25) is 0 Å². The topological polar surface area (TPSA) is 46.2 Å². The molecule has 0 spiro atoms. The van der Waals surface area contributed by atoms with Crippen LogP contribution in [0, 0.1) is 0 Å². The molecule has 0 aliphatic heterocycles. The van der Waals surface area contributed by atoms with E-state index in [-0.39, 0.29) is 5.54 Å². The Bertz CT molecular complexity index is 522. The molecule has 1 aliphatic rings. The molecule has 1 N–H and O–H groups in total. The SMILES string of the molecule is CC1(NS(=O)(=O)c2ccccc2Br)CCCCC1. The fourth-order valence-corrected chi connectivity index (χ4v) is 4.95. The molecule has 0 atom stereocenters. The minimum absolute atomic E-state index is 0.299. The first kappa shape index (κ1) is 14.0. The van der Waals surface area contributed by atoms with Crippen LogP contribution in [0.1, 0.15) is 39.0 Å². The molecule has 0 radical (unpaired) electrons. The normalized spacial score (nSPS) is 19.7. The van der Waals surface area contributed by atoms with Crippen molar-refractivity contribution >= 4 is 26.0 Å². The summed E-state index contributed by atoms with van der Waals surface area (Å²) < 4.78 is 28.2. The Kier molecular flexibility index (Phi) is 4.14. The number of nitrogens with one attached hydrogen (secondary N) is 1. The maximum atomic E-state index is 12.4. The molecule has 1 aromatic rings. The first-order valence-electron chi connectivity index (χ1n) is 6.22. The molecule has 3 nitrogen and oxygen atoms in total. The molecule has 1 aliphatic carbocycles. The first-order valence-corrected chi connectivity index (χ1v) is 8.49. The van der Waals surface area contributed by atoms with Crippen molar-refractivity contribution in [3.8, 4) is 0 Å². The highest BCUT2D eigenvalue weighted by molar-refractivity contribution is 9.10. The second-order valence-corrected chi connectivity index (χ2v) is 7.66. The van der Waals surface area contributed by atoms with E-state index in [1.54, 1.807) is 18.2 Å². The average Bonchev–Trinajstić information content (AvgIpc) is 2.28. The van der Waals surface area contributed by atoms with Crippen molar-refractivity contribution in [2.45, 2.75) is 49.5 Å². The standard InChI is InChI=1S/C13H18BrNO2S/c1-13(9-5-2-6-10-13)15-18(16,17)12-8-4-3-7-11(12)14/h3-4,7-8,15H,2,5-6,9-10H2,1H3. The molecule has 0 bridgehead atoms. The van der Waals surface area contributed by atoms with Gasteiger partial charge in [0, 0.05) is 10.0 Å². The number of hydrogen-bond donors (Lipinski definition) is 1. The van der Waals surface area contributed by atoms with E-state index >= 15 is 0 Å². The van der Waals surface area contributed by atoms with Gasteiger partial charge in [0.05, 0.1) is 4.90 Å². The van der Waals surface area contributed by atoms with Gasteiger partial charge < -0.3 is 0 Å². The summed E-state index contributed by atoms with van der Waals surface area (Å²) in [7, 11) is -3.45. The number of halogens is 1. The molecule has 18 heavy (non-hydrogen) atoms. The Hall–Kier alpha value is -0.390. The van der Waals surface area contributed by atoms with E-state index in [1.807, 2.05) is 13.0 Å². The van der Waals surface area contributed by atoms with Crippen LogP contribution in [-0.2, 0) is 10.0 Å². The lowest BCUT2D eigenvalue weighted by Crippen LogP contribution is -2.47. The van der Waals surface area contributed by atoms with Crippen molar-refractivity contribution in [1.82, 2.24) is 4.72 Å². The van der Waals surface area contributed by atoms with E-state index in [0.29, 0.717) is 9.37 Å². The fraction of sp³-hybridized carbons (Fsp3) is 0.538. The van der Waals surface area contributed by atoms with Gasteiger partial charge in [-0.15, -0.1) is 0 Å². The van der Waals surface area contributed by atoms with Crippen molar-refractivity contribution in [3.05, 3.63) is 28.7 Å². The second kappa shape index (κ2) is 5.31. The van der Waals surface area contributed by atoms with Crippen molar-refractivity contribution in [3.63, 3.8) is 0 Å². The summed E-state index contributed by atoms with van der Waals surface area (Å²) in [4.78, 5) is 0.316. The highest BCUT2D eigenvalue weighted by Crippen LogP contribution is 2.30. The Morgan fingerprint density at radius 1 is 1.17 bits per heavy atom. The highest BCUT2D eigenvalue weighted by atomic mass is 79.9. The van der Waals surface area contributed by atoms with Crippen LogP contribution in [0.4, 0.5) is 0 Å². The summed E-state index contributed by atoms with van der Waals surface area (Å²) in [6, 6.07) is 6.92. The molecule has 1 aromatic carbocycles. The lowest BCUT2D eigenvalue weighted by atomic mass is 9.84. The molecule has 100 valence electrons. The fourth-order valence-electron chi connectivity index (χ4n) is 2.48. The van der Waals surface area contributed by atoms with Crippen LogP contribution in [0.25, 0.3) is 0 Å². The minimum atomic E-state index is -3.45. The van der Waals surface area contributed by atoms with Crippen molar-refractivity contribution < 1.29 is 8.42 Å². The largest absolute Gasteiger partial charge is 0.242 e. The molecule has 0 heterocycles. The van der Waals surface area contributed by atoms with Gasteiger partial charge in [0.25, 0.3) is 0 Å². The number of hydrogen-bond acceptors (Lipinski definition) is 2. The van der Waals surface area contributed by atoms with Crippen molar-refractivity contribution in [2.24, 2.45) is 0 Å². The lowest BCUT2D eigenvalue weighted by molar-refractivity contribution is 0.294. The number of rotatable bonds is 3. The predicted octanol–water partition coefficient (Wildman–Crippen LogP) is 3.45. The van der Waals surface area contributed by atoms with E-state index < -0.39 is 10.0 Å². The molecule has 1 fully saturated rings. The zero-order valence-electron chi connectivity index (χ0n) is 10.4. The van der Waals surface area contributed by atoms with Crippen LogP contribution in [0.15, 0.2) is 33.6 Å². The molecule has 1 saturated carbocycles. The summed E-state index contributed by atoms with van der Waals surface area (Å²) in [5.41, 5.74) is -0.299. The van der Waals surface area contributed by atoms with E-state index in [2.05, 4.69) is 20.7 Å². The Morgan fingerprint density at radius 3 is 2.39 bits per heavy atom. The van der Waals surface area contributed by atoms with Gasteiger partial charge in [-0.05, 0) is 47.8 Å². The molecule has 0 amide bonds. The summed E-state index contributed by atoms with van der Waals surface area (Å²) in [5, 5.41) is 0. The van der Waals surface area contributed by atoms with Crippen molar-refractivity contribution in [2.75, 3.05) is 0 Å². The van der Waals surface area contributed by atoms with E-state index in [0.717, 1.165) is 25.7 Å². The second-order valence-electron chi connectivity index (χ2n) is 5.16. The highest BCUT2D eigenvalue weighted by Gasteiger charge is 2.32. The third-order valence-corrected chi connectivity index (χ3v) is 6.11. The molecule has 5 heteroatoms. The zero-order chi connectivity index (χ0) is 13.2. The van der Waals surface area contributed by atoms with Crippen LogP contribution >= 0.6 is 15.9 Å². The number of benzene rings is 1. The van der Waals surface area contributed by atoms with Gasteiger partial charge in [-0.1, -0.05) is 31.4 Å². The summed E-state index contributed by atoms with van der Waals surface area (Å²) in [6.45, 7) is 2.00. The monoisotopic (exact) mass is 331 g/mol. The van der Waals surface area contributed by atoms with Gasteiger partial charge in [0.2, 0.25) is 10.0 Å². The Balaban J connectivity index is 2.25. The van der Waals surface area contributed by atoms with Gasteiger partial charge in [0.15, 0.2) is 0 Å². The Morgan fingerprint density at radius 2 is 1.78 bits per heavy atom. The summed E-state index contributed by atoms with van der Waals surface area (Å²) in [5.74, 6) is 0. The van der Waals surface area contributed by atoms with Gasteiger partial charge in [0.1, 0.15) is 0 Å². The molecule has 0 aromatic heterocycles. The minimum Gasteiger partial charge on any atom is -0.207 e. The van der Waals surface area contributed by atoms with E-state index in [9.17, 15) is 8.42 Å². The van der Waals surface area contributed by atoms with Gasteiger partial charge >= 0.3 is 0 Å². The third kappa shape index (κ3) is 3.13. The van der Waals surface area contributed by atoms with E-state index in [1.165, 1.54) is 6.42 Å². The van der Waals surface area contributed by atoms with Gasteiger partial charge in [-0.3, -0.25) is 0 Å². The lowest BCUT2D eigenvalue weighted by Gasteiger charge is -2.34. The maximum Gasteiger partial charge on any atom is 0.242 e. The zero-order valence-corrected chi connectivity index (χ0v) is 12.9. The summed E-state index contributed by atoms with van der Waals surface area (Å²) >= 11 is 3.30. The van der Waals surface area contributed by atoms with E-state index in [4.69, 9.17) is 0 Å². The average molecular weight is 332 g/mol. The molecule has 0 unspecified atom stereocenters. The smallest absolute Gasteiger partial charge is 0.207 e. The van der Waals surface area contributed by atoms with Crippen LogP contribution < -0.4 is 4.72 Å². The molecular weight excluding hydrogens is 314 g/mol. The first-order chi connectivity index (χ1) is 8.43. The quantitative estimate of drug-likeness (QED) is 0.921. The maximum absolute atomic E-state index is 12.4. The van der Waals surface area contributed by atoms with Crippen LogP contribution in [0.3, 0.4) is 0 Å². The predicted molar refractivity (Wildman–Crippen MR) is 76.0 cm³/mol.